The van der Waals surface area contributed by atoms with Crippen LogP contribution in [0, 0.1) is 10.9 Å². The van der Waals surface area contributed by atoms with Crippen LogP contribution in [-0.4, -0.2) is 10.9 Å². The Hall–Kier alpha value is -1.46. The van der Waals surface area contributed by atoms with E-state index in [2.05, 4.69) is 10.3 Å². The second-order valence-electron chi connectivity index (χ2n) is 3.70. The molecule has 17 heavy (non-hydrogen) atoms. The van der Waals surface area contributed by atoms with E-state index in [1.165, 1.54) is 11.8 Å². The molecule has 3 nitrogen and oxygen atoms in total. The lowest BCUT2D eigenvalue weighted by Gasteiger charge is -2.04. The summed E-state index contributed by atoms with van der Waals surface area (Å²) in [5.41, 5.74) is 2.92. The molecule has 0 radical (unpaired) electrons. The highest BCUT2D eigenvalue weighted by atomic mass is 32.1. The lowest BCUT2D eigenvalue weighted by atomic mass is 10.1. The Morgan fingerprint density at radius 3 is 2.47 bits per heavy atom. The van der Waals surface area contributed by atoms with Crippen molar-refractivity contribution in [2.24, 2.45) is 0 Å². The molecule has 2 aromatic rings. The largest absolute Gasteiger partial charge is 0.337 e. The van der Waals surface area contributed by atoms with Crippen LogP contribution in [0.15, 0.2) is 24.3 Å². The summed E-state index contributed by atoms with van der Waals surface area (Å²) in [5, 5.41) is 2.74. The number of anilines is 1. The third-order valence-corrected chi connectivity index (χ3v) is 3.47. The summed E-state index contributed by atoms with van der Waals surface area (Å²) in [6.45, 7) is 3.53. The Morgan fingerprint density at radius 2 is 2.00 bits per heavy atom. The number of aromatic nitrogens is 1. The number of benzene rings is 1. The molecular formula is C12H12N2OS2. The maximum atomic E-state index is 10.9. The van der Waals surface area contributed by atoms with E-state index in [9.17, 15) is 4.79 Å². The van der Waals surface area contributed by atoms with Gasteiger partial charge in [-0.2, -0.15) is 0 Å². The number of carbonyl (C=O) groups excluding carboxylic acids is 1. The summed E-state index contributed by atoms with van der Waals surface area (Å²) in [6, 6.07) is 7.69. The molecule has 0 saturated carbocycles. The van der Waals surface area contributed by atoms with Gasteiger partial charge in [0.05, 0.1) is 5.69 Å². The van der Waals surface area contributed by atoms with Gasteiger partial charge in [-0.05, 0) is 36.8 Å². The first-order chi connectivity index (χ1) is 8.06. The number of hydrogen-bond acceptors (Lipinski definition) is 3. The van der Waals surface area contributed by atoms with Crippen LogP contribution >= 0.6 is 23.6 Å². The van der Waals surface area contributed by atoms with Crippen LogP contribution in [0.4, 0.5) is 5.69 Å². The lowest BCUT2D eigenvalue weighted by molar-refractivity contribution is -0.114. The van der Waals surface area contributed by atoms with Gasteiger partial charge < -0.3 is 10.3 Å². The third kappa shape index (κ3) is 2.81. The normalized spacial score (nSPS) is 10.2. The molecule has 5 heteroatoms. The van der Waals surface area contributed by atoms with Crippen LogP contribution in [0.5, 0.6) is 0 Å². The van der Waals surface area contributed by atoms with Gasteiger partial charge in [0.25, 0.3) is 0 Å². The van der Waals surface area contributed by atoms with Crippen molar-refractivity contribution in [3.63, 3.8) is 0 Å². The van der Waals surface area contributed by atoms with Gasteiger partial charge in [-0.25, -0.2) is 0 Å². The third-order valence-electron chi connectivity index (χ3n) is 2.32. The topological polar surface area (TPSA) is 44.9 Å². The van der Waals surface area contributed by atoms with Gasteiger partial charge in [0.15, 0.2) is 3.95 Å². The number of carbonyl (C=O) groups is 1. The summed E-state index contributed by atoms with van der Waals surface area (Å²) >= 11 is 6.68. The average molecular weight is 264 g/mol. The van der Waals surface area contributed by atoms with E-state index in [0.717, 1.165) is 20.9 Å². The minimum atomic E-state index is -0.0659. The van der Waals surface area contributed by atoms with E-state index in [0.29, 0.717) is 0 Å². The molecule has 1 aromatic heterocycles. The number of aryl methyl sites for hydroxylation is 1. The Balaban J connectivity index is 2.32. The molecule has 0 atom stereocenters. The first-order valence-electron chi connectivity index (χ1n) is 5.14. The summed E-state index contributed by atoms with van der Waals surface area (Å²) in [4.78, 5) is 15.2. The van der Waals surface area contributed by atoms with Gasteiger partial charge in [0.2, 0.25) is 5.91 Å². The summed E-state index contributed by atoms with van der Waals surface area (Å²) in [5.74, 6) is -0.0659. The molecule has 0 bridgehead atoms. The monoisotopic (exact) mass is 264 g/mol. The van der Waals surface area contributed by atoms with Crippen molar-refractivity contribution in [3.8, 4) is 11.3 Å². The number of nitrogens with one attached hydrogen (secondary N) is 2. The molecule has 0 aliphatic heterocycles. The van der Waals surface area contributed by atoms with E-state index in [4.69, 9.17) is 12.2 Å². The zero-order valence-electron chi connectivity index (χ0n) is 9.53. The maximum Gasteiger partial charge on any atom is 0.221 e. The second kappa shape index (κ2) is 4.81. The minimum absolute atomic E-state index is 0.0659. The molecular weight excluding hydrogens is 252 g/mol. The number of thiazole rings is 1. The highest BCUT2D eigenvalue weighted by molar-refractivity contribution is 7.73. The second-order valence-corrected chi connectivity index (χ2v) is 5.60. The lowest BCUT2D eigenvalue weighted by Crippen LogP contribution is -2.05. The molecule has 88 valence electrons. The highest BCUT2D eigenvalue weighted by Gasteiger charge is 2.05. The number of aromatic amines is 1. The summed E-state index contributed by atoms with van der Waals surface area (Å²) in [7, 11) is 0. The Bertz CT molecular complexity index is 596. The molecule has 1 heterocycles. The molecule has 0 aliphatic carbocycles. The summed E-state index contributed by atoms with van der Waals surface area (Å²) < 4.78 is 0.781. The molecule has 2 rings (SSSR count). The first kappa shape index (κ1) is 12.0. The van der Waals surface area contributed by atoms with Gasteiger partial charge >= 0.3 is 0 Å². The zero-order chi connectivity index (χ0) is 12.4. The fourth-order valence-corrected chi connectivity index (χ4v) is 2.78. The van der Waals surface area contributed by atoms with Crippen molar-refractivity contribution >= 4 is 35.1 Å². The standard InChI is InChI=1S/C12H12N2OS2/c1-7-11(14-12(16)17-7)9-3-5-10(6-4-9)13-8(2)15/h3-6H,1-2H3,(H,13,15)(H,14,16). The van der Waals surface area contributed by atoms with Crippen molar-refractivity contribution in [2.75, 3.05) is 5.32 Å². The molecule has 1 aromatic carbocycles. The molecule has 0 unspecified atom stereocenters. The van der Waals surface area contributed by atoms with Crippen molar-refractivity contribution in [3.05, 3.63) is 33.1 Å². The van der Waals surface area contributed by atoms with Crippen molar-refractivity contribution in [1.29, 1.82) is 0 Å². The fraction of sp³-hybridized carbons (Fsp3) is 0.167. The van der Waals surface area contributed by atoms with Crippen LogP contribution in [-0.2, 0) is 4.79 Å². The molecule has 1 amide bonds. The Labute approximate surface area is 109 Å². The van der Waals surface area contributed by atoms with E-state index in [1.807, 2.05) is 31.2 Å². The van der Waals surface area contributed by atoms with Gasteiger partial charge in [-0.3, -0.25) is 4.79 Å². The number of hydrogen-bond donors (Lipinski definition) is 2. The van der Waals surface area contributed by atoms with Crippen molar-refractivity contribution in [2.45, 2.75) is 13.8 Å². The number of amides is 1. The van der Waals surface area contributed by atoms with Gasteiger partial charge in [0, 0.05) is 17.5 Å². The van der Waals surface area contributed by atoms with Crippen LogP contribution < -0.4 is 5.32 Å². The van der Waals surface area contributed by atoms with Crippen molar-refractivity contribution < 1.29 is 4.79 Å². The van der Waals surface area contributed by atoms with Gasteiger partial charge in [-0.1, -0.05) is 12.1 Å². The molecule has 2 N–H and O–H groups in total. The van der Waals surface area contributed by atoms with E-state index < -0.39 is 0 Å². The van der Waals surface area contributed by atoms with Crippen LogP contribution in [0.25, 0.3) is 11.3 Å². The Kier molecular flexibility index (Phi) is 3.40. The highest BCUT2D eigenvalue weighted by Crippen LogP contribution is 2.26. The van der Waals surface area contributed by atoms with E-state index >= 15 is 0 Å². The van der Waals surface area contributed by atoms with Crippen LogP contribution in [0.2, 0.25) is 0 Å². The SMILES string of the molecule is CC(=O)Nc1ccc(-c2[nH]c(=S)sc2C)cc1. The predicted molar refractivity (Wildman–Crippen MR) is 74.0 cm³/mol. The Morgan fingerprint density at radius 1 is 1.35 bits per heavy atom. The minimum Gasteiger partial charge on any atom is -0.337 e. The molecule has 0 saturated heterocycles. The van der Waals surface area contributed by atoms with Crippen LogP contribution in [0.1, 0.15) is 11.8 Å². The van der Waals surface area contributed by atoms with E-state index in [-0.39, 0.29) is 5.91 Å². The maximum absolute atomic E-state index is 10.9. The zero-order valence-corrected chi connectivity index (χ0v) is 11.2. The van der Waals surface area contributed by atoms with Crippen molar-refractivity contribution in [1.82, 2.24) is 4.98 Å². The van der Waals surface area contributed by atoms with E-state index in [1.54, 1.807) is 11.3 Å². The molecule has 0 spiro atoms. The van der Waals surface area contributed by atoms with Gasteiger partial charge in [-0.15, -0.1) is 11.3 Å². The average Bonchev–Trinajstić information content (AvgIpc) is 2.58. The molecule has 0 fully saturated rings. The number of rotatable bonds is 2. The number of H-pyrrole nitrogens is 1. The van der Waals surface area contributed by atoms with Gasteiger partial charge in [0.1, 0.15) is 0 Å². The quantitative estimate of drug-likeness (QED) is 0.812. The van der Waals surface area contributed by atoms with Crippen LogP contribution in [0.3, 0.4) is 0 Å². The summed E-state index contributed by atoms with van der Waals surface area (Å²) in [6.07, 6.45) is 0. The predicted octanol–water partition coefficient (Wildman–Crippen LogP) is 3.74. The fourth-order valence-electron chi connectivity index (χ4n) is 1.60. The first-order valence-corrected chi connectivity index (χ1v) is 6.36. The molecule has 0 aliphatic rings. The smallest absolute Gasteiger partial charge is 0.221 e.